The van der Waals surface area contributed by atoms with Crippen LogP contribution in [0, 0.1) is 0 Å². The second-order valence-corrected chi connectivity index (χ2v) is 7.28. The molecule has 0 saturated carbocycles. The lowest BCUT2D eigenvalue weighted by Crippen LogP contribution is -2.29. The van der Waals surface area contributed by atoms with Gasteiger partial charge >= 0.3 is 5.97 Å². The van der Waals surface area contributed by atoms with E-state index in [1.54, 1.807) is 19.1 Å². The van der Waals surface area contributed by atoms with Gasteiger partial charge in [0.2, 0.25) is 10.0 Å². The number of carbonyl (C=O) groups excluding carboxylic acids is 1. The van der Waals surface area contributed by atoms with E-state index >= 15 is 0 Å². The Morgan fingerprint density at radius 1 is 1.33 bits per heavy atom. The zero-order valence-electron chi connectivity index (χ0n) is 11.9. The molecule has 8 heteroatoms. The van der Waals surface area contributed by atoms with Gasteiger partial charge in [-0.05, 0) is 31.2 Å². The van der Waals surface area contributed by atoms with Gasteiger partial charge in [0.1, 0.15) is 0 Å². The van der Waals surface area contributed by atoms with Gasteiger partial charge in [0, 0.05) is 22.9 Å². The lowest BCUT2D eigenvalue weighted by Gasteiger charge is -2.06. The predicted molar refractivity (Wildman–Crippen MR) is 84.6 cm³/mol. The average molecular weight is 332 g/mol. The summed E-state index contributed by atoms with van der Waals surface area (Å²) in [6.45, 7) is 2.06. The Balaban J connectivity index is 2.26. The normalized spacial score (nSPS) is 11.3. The van der Waals surface area contributed by atoms with Gasteiger partial charge in [-0.3, -0.25) is 4.79 Å². The molecule has 0 unspecified atom stereocenters. The van der Waals surface area contributed by atoms with Gasteiger partial charge in [0.05, 0.1) is 18.8 Å². The van der Waals surface area contributed by atoms with Crippen molar-refractivity contribution in [3.8, 4) is 0 Å². The summed E-state index contributed by atoms with van der Waals surface area (Å²) >= 11 is 1.44. The minimum absolute atomic E-state index is 0.00906. The van der Waals surface area contributed by atoms with E-state index in [0.29, 0.717) is 18.0 Å². The minimum atomic E-state index is -3.37. The number of carbonyl (C=O) groups is 1. The summed E-state index contributed by atoms with van der Waals surface area (Å²) in [5.41, 5.74) is 6.25. The van der Waals surface area contributed by atoms with Crippen LogP contribution < -0.4 is 10.5 Å². The summed E-state index contributed by atoms with van der Waals surface area (Å²) in [5, 5.41) is 0. The second-order valence-electron chi connectivity index (χ2n) is 4.19. The number of ether oxygens (including phenoxy) is 1. The Hall–Kier alpha value is -1.25. The number of esters is 1. The quantitative estimate of drug-likeness (QED) is 0.401. The van der Waals surface area contributed by atoms with Crippen LogP contribution in [0.15, 0.2) is 29.2 Å². The van der Waals surface area contributed by atoms with E-state index in [2.05, 4.69) is 4.72 Å². The lowest BCUT2D eigenvalue weighted by atomic mass is 10.3. The van der Waals surface area contributed by atoms with E-state index in [4.69, 9.17) is 10.5 Å². The molecule has 0 aromatic heterocycles. The fourth-order valence-electron chi connectivity index (χ4n) is 1.45. The summed E-state index contributed by atoms with van der Waals surface area (Å²) < 4.78 is 30.5. The first-order valence-corrected chi connectivity index (χ1v) is 9.18. The first kappa shape index (κ1) is 17.8. The van der Waals surface area contributed by atoms with Crippen LogP contribution in [0.3, 0.4) is 0 Å². The summed E-state index contributed by atoms with van der Waals surface area (Å²) in [5.74, 6) is 0.0141. The van der Waals surface area contributed by atoms with Crippen molar-refractivity contribution in [3.63, 3.8) is 0 Å². The molecule has 0 aliphatic rings. The van der Waals surface area contributed by atoms with E-state index < -0.39 is 16.0 Å². The number of thioether (sulfide) groups is 1. The maximum absolute atomic E-state index is 11.7. The predicted octanol–water partition coefficient (Wildman–Crippen LogP) is 1.23. The molecule has 0 radical (unpaired) electrons. The van der Waals surface area contributed by atoms with Crippen molar-refractivity contribution in [1.29, 1.82) is 0 Å². The number of sulfonamides is 1. The van der Waals surface area contributed by atoms with E-state index in [1.807, 2.05) is 12.1 Å². The van der Waals surface area contributed by atoms with Crippen LogP contribution in [-0.4, -0.2) is 39.0 Å². The van der Waals surface area contributed by atoms with Crippen molar-refractivity contribution in [2.75, 3.05) is 30.4 Å². The first-order chi connectivity index (χ1) is 9.93. The number of anilines is 1. The topological polar surface area (TPSA) is 98.5 Å². The van der Waals surface area contributed by atoms with Gasteiger partial charge in [-0.1, -0.05) is 0 Å². The SMILES string of the molecule is CCOC(=O)CCNS(=O)(=O)CCSc1ccc(N)cc1. The van der Waals surface area contributed by atoms with Crippen LogP contribution in [0.4, 0.5) is 5.69 Å². The van der Waals surface area contributed by atoms with E-state index in [1.165, 1.54) is 11.8 Å². The molecule has 0 spiro atoms. The van der Waals surface area contributed by atoms with Crippen molar-refractivity contribution in [2.24, 2.45) is 0 Å². The summed E-state index contributed by atoms with van der Waals surface area (Å²) in [6.07, 6.45) is 0.0399. The van der Waals surface area contributed by atoms with Crippen LogP contribution in [0.25, 0.3) is 0 Å². The highest BCUT2D eigenvalue weighted by molar-refractivity contribution is 8.00. The fraction of sp³-hybridized carbons (Fsp3) is 0.462. The largest absolute Gasteiger partial charge is 0.466 e. The Labute approximate surface area is 129 Å². The van der Waals surface area contributed by atoms with E-state index in [9.17, 15) is 13.2 Å². The monoisotopic (exact) mass is 332 g/mol. The minimum Gasteiger partial charge on any atom is -0.466 e. The Morgan fingerprint density at radius 2 is 2.00 bits per heavy atom. The van der Waals surface area contributed by atoms with E-state index in [-0.39, 0.29) is 18.7 Å². The molecule has 118 valence electrons. The smallest absolute Gasteiger partial charge is 0.307 e. The molecule has 1 aromatic carbocycles. The summed E-state index contributed by atoms with van der Waals surface area (Å²) in [4.78, 5) is 12.0. The third kappa shape index (κ3) is 7.93. The molecule has 0 fully saturated rings. The number of nitrogens with one attached hydrogen (secondary N) is 1. The second kappa shape index (κ2) is 8.91. The molecule has 0 heterocycles. The number of benzene rings is 1. The number of hydrogen-bond donors (Lipinski definition) is 2. The highest BCUT2D eigenvalue weighted by Crippen LogP contribution is 2.19. The Kier molecular flexibility index (Phi) is 7.55. The van der Waals surface area contributed by atoms with Crippen LogP contribution in [0.1, 0.15) is 13.3 Å². The molecule has 6 nitrogen and oxygen atoms in total. The number of nitrogen functional groups attached to an aromatic ring is 1. The maximum Gasteiger partial charge on any atom is 0.307 e. The molecule has 3 N–H and O–H groups in total. The summed E-state index contributed by atoms with van der Waals surface area (Å²) in [6, 6.07) is 7.24. The van der Waals surface area contributed by atoms with Crippen molar-refractivity contribution in [3.05, 3.63) is 24.3 Å². The molecule has 0 aliphatic carbocycles. The maximum atomic E-state index is 11.7. The van der Waals surface area contributed by atoms with Gasteiger partial charge in [0.25, 0.3) is 0 Å². The van der Waals surface area contributed by atoms with Crippen LogP contribution in [0.5, 0.6) is 0 Å². The number of nitrogens with two attached hydrogens (primary N) is 1. The van der Waals surface area contributed by atoms with Crippen LogP contribution in [0.2, 0.25) is 0 Å². The van der Waals surface area contributed by atoms with Crippen molar-refractivity contribution < 1.29 is 17.9 Å². The highest BCUT2D eigenvalue weighted by Gasteiger charge is 2.11. The van der Waals surface area contributed by atoms with Gasteiger partial charge in [-0.15, -0.1) is 11.8 Å². The molecule has 1 aromatic rings. The Morgan fingerprint density at radius 3 is 2.62 bits per heavy atom. The molecule has 0 aliphatic heterocycles. The van der Waals surface area contributed by atoms with Gasteiger partial charge < -0.3 is 10.5 Å². The van der Waals surface area contributed by atoms with Crippen LogP contribution >= 0.6 is 11.8 Å². The van der Waals surface area contributed by atoms with Crippen molar-refractivity contribution in [1.82, 2.24) is 4.72 Å². The van der Waals surface area contributed by atoms with E-state index in [0.717, 1.165) is 4.90 Å². The zero-order chi connectivity index (χ0) is 15.7. The van der Waals surface area contributed by atoms with Gasteiger partial charge in [-0.2, -0.15) is 0 Å². The van der Waals surface area contributed by atoms with Crippen LogP contribution in [-0.2, 0) is 19.6 Å². The summed E-state index contributed by atoms with van der Waals surface area (Å²) in [7, 11) is -3.37. The molecule has 21 heavy (non-hydrogen) atoms. The van der Waals surface area contributed by atoms with Crippen molar-refractivity contribution >= 4 is 33.4 Å². The van der Waals surface area contributed by atoms with Gasteiger partial charge in [0.15, 0.2) is 0 Å². The molecular weight excluding hydrogens is 312 g/mol. The Bertz CT molecular complexity index is 544. The molecule has 0 amide bonds. The third-order valence-electron chi connectivity index (χ3n) is 2.46. The first-order valence-electron chi connectivity index (χ1n) is 6.54. The molecule has 0 bridgehead atoms. The molecule has 1 rings (SSSR count). The molecule has 0 atom stereocenters. The molecular formula is C13H20N2O4S2. The van der Waals surface area contributed by atoms with Crippen molar-refractivity contribution in [2.45, 2.75) is 18.2 Å². The number of hydrogen-bond acceptors (Lipinski definition) is 6. The van der Waals surface area contributed by atoms with Gasteiger partial charge in [-0.25, -0.2) is 13.1 Å². The zero-order valence-corrected chi connectivity index (χ0v) is 13.5. The number of rotatable bonds is 9. The average Bonchev–Trinajstić information content (AvgIpc) is 2.41. The standard InChI is InChI=1S/C13H20N2O4S2/c1-2-19-13(16)7-8-15-21(17,18)10-9-20-12-5-3-11(14)4-6-12/h3-6,15H,2,7-10,14H2,1H3. The fourth-order valence-corrected chi connectivity index (χ4v) is 3.78. The molecule has 0 saturated heterocycles. The third-order valence-corrected chi connectivity index (χ3v) is 5.12. The lowest BCUT2D eigenvalue weighted by molar-refractivity contribution is -0.142. The highest BCUT2D eigenvalue weighted by atomic mass is 32.2.